The molecular formula is C28H35N5O4S. The van der Waals surface area contributed by atoms with Crippen molar-refractivity contribution in [3.63, 3.8) is 0 Å². The standard InChI is InChI=1S/C28H35N5O4S/c1-28(2)8-7-23-22(15-28)27(32-18-31-23)33-9-11-37-24-6-5-19(13-21(24)17-33)20-14-25(26(29)30-16-20)38(35,36)12-4-3-10-34/h5-6,13-14,16,18,34H,3-4,7-12,15,17H2,1-2H3,(H2,29,30). The SMILES string of the molecule is CC1(C)CCc2ncnc(N3CCOc4ccc(-c5cnc(N)c(S(=O)(=O)CCCCO)c5)cc4C3)c2C1. The highest BCUT2D eigenvalue weighted by Gasteiger charge is 2.31. The van der Waals surface area contributed by atoms with Gasteiger partial charge in [-0.05, 0) is 61.3 Å². The largest absolute Gasteiger partial charge is 0.491 e. The molecule has 0 amide bonds. The van der Waals surface area contributed by atoms with Gasteiger partial charge in [0.2, 0.25) is 0 Å². The Labute approximate surface area is 224 Å². The number of pyridine rings is 1. The smallest absolute Gasteiger partial charge is 0.182 e. The Bertz CT molecular complexity index is 1440. The molecule has 3 N–H and O–H groups in total. The summed E-state index contributed by atoms with van der Waals surface area (Å²) in [6, 6.07) is 7.47. The van der Waals surface area contributed by atoms with Crippen molar-refractivity contribution in [3.8, 4) is 16.9 Å². The molecule has 9 nitrogen and oxygen atoms in total. The van der Waals surface area contributed by atoms with E-state index in [0.29, 0.717) is 38.1 Å². The third kappa shape index (κ3) is 5.47. The first kappa shape index (κ1) is 26.4. The van der Waals surface area contributed by atoms with E-state index < -0.39 is 9.84 Å². The van der Waals surface area contributed by atoms with Crippen molar-refractivity contribution < 1.29 is 18.3 Å². The Balaban J connectivity index is 1.46. The zero-order valence-corrected chi connectivity index (χ0v) is 22.8. The number of benzene rings is 1. The maximum atomic E-state index is 12.9. The van der Waals surface area contributed by atoms with Crippen LogP contribution in [-0.2, 0) is 29.2 Å². The number of nitrogens with zero attached hydrogens (tertiary/aromatic N) is 4. The molecule has 38 heavy (non-hydrogen) atoms. The van der Waals surface area contributed by atoms with E-state index in [-0.39, 0.29) is 28.5 Å². The second-order valence-electron chi connectivity index (χ2n) is 10.9. The molecule has 1 aliphatic heterocycles. The van der Waals surface area contributed by atoms with E-state index in [9.17, 15) is 8.42 Å². The number of aliphatic hydroxyl groups is 1. The molecule has 0 spiro atoms. The van der Waals surface area contributed by atoms with Crippen LogP contribution in [0, 0.1) is 5.41 Å². The molecular weight excluding hydrogens is 502 g/mol. The lowest BCUT2D eigenvalue weighted by Crippen LogP contribution is -2.31. The van der Waals surface area contributed by atoms with E-state index in [1.165, 1.54) is 5.56 Å². The summed E-state index contributed by atoms with van der Waals surface area (Å²) in [5.74, 6) is 1.67. The van der Waals surface area contributed by atoms with Crippen LogP contribution in [-0.4, -0.2) is 54.0 Å². The minimum absolute atomic E-state index is 0.0153. The second kappa shape index (κ2) is 10.5. The molecule has 5 rings (SSSR count). The zero-order chi connectivity index (χ0) is 26.9. The molecule has 1 aromatic carbocycles. The van der Waals surface area contributed by atoms with Crippen molar-refractivity contribution in [2.45, 2.75) is 57.4 Å². The number of fused-ring (bicyclic) bond motifs is 2. The van der Waals surface area contributed by atoms with E-state index in [4.69, 9.17) is 20.6 Å². The van der Waals surface area contributed by atoms with E-state index >= 15 is 0 Å². The minimum atomic E-state index is -3.63. The molecule has 0 saturated carbocycles. The number of aryl methyl sites for hydroxylation is 1. The predicted molar refractivity (Wildman–Crippen MR) is 147 cm³/mol. The number of aromatic nitrogens is 3. The second-order valence-corrected chi connectivity index (χ2v) is 13.0. The van der Waals surface area contributed by atoms with Crippen molar-refractivity contribution in [2.24, 2.45) is 5.41 Å². The highest BCUT2D eigenvalue weighted by Crippen LogP contribution is 2.39. The lowest BCUT2D eigenvalue weighted by Gasteiger charge is -2.33. The number of nitrogens with two attached hydrogens (primary N) is 1. The molecule has 0 radical (unpaired) electrons. The number of nitrogen functional groups attached to an aromatic ring is 1. The van der Waals surface area contributed by atoms with E-state index in [2.05, 4.69) is 28.7 Å². The molecule has 3 aromatic rings. The van der Waals surface area contributed by atoms with Gasteiger partial charge in [0.15, 0.2) is 9.84 Å². The quantitative estimate of drug-likeness (QED) is 0.434. The van der Waals surface area contributed by atoms with Crippen LogP contribution in [0.2, 0.25) is 0 Å². The Morgan fingerprint density at radius 3 is 2.79 bits per heavy atom. The molecule has 0 saturated heterocycles. The molecule has 0 bridgehead atoms. The van der Waals surface area contributed by atoms with Crippen LogP contribution in [0.4, 0.5) is 11.6 Å². The fourth-order valence-corrected chi connectivity index (χ4v) is 6.74. The molecule has 2 aromatic heterocycles. The van der Waals surface area contributed by atoms with Gasteiger partial charge in [0, 0.05) is 41.7 Å². The lowest BCUT2D eigenvalue weighted by molar-refractivity contribution is 0.287. The summed E-state index contributed by atoms with van der Waals surface area (Å²) in [5, 5.41) is 9.02. The van der Waals surface area contributed by atoms with Crippen LogP contribution in [0.15, 0.2) is 41.7 Å². The maximum Gasteiger partial charge on any atom is 0.182 e. The fraction of sp³-hybridized carbons (Fsp3) is 0.464. The number of rotatable bonds is 7. The molecule has 0 unspecified atom stereocenters. The van der Waals surface area contributed by atoms with Gasteiger partial charge in [-0.15, -0.1) is 0 Å². The number of hydrogen-bond donors (Lipinski definition) is 2. The summed E-state index contributed by atoms with van der Waals surface area (Å²) in [5.41, 5.74) is 11.0. The number of ether oxygens (including phenoxy) is 1. The van der Waals surface area contributed by atoms with Crippen LogP contribution >= 0.6 is 0 Å². The first-order chi connectivity index (χ1) is 18.2. The van der Waals surface area contributed by atoms with E-state index in [1.54, 1.807) is 18.6 Å². The summed E-state index contributed by atoms with van der Waals surface area (Å²) in [4.78, 5) is 15.8. The molecule has 202 valence electrons. The first-order valence-electron chi connectivity index (χ1n) is 13.1. The molecule has 0 fully saturated rings. The third-order valence-electron chi connectivity index (χ3n) is 7.42. The normalized spacial score (nSPS) is 16.8. The van der Waals surface area contributed by atoms with E-state index in [0.717, 1.165) is 47.7 Å². The molecule has 0 atom stereocenters. The molecule has 3 heterocycles. The van der Waals surface area contributed by atoms with Gasteiger partial charge in [-0.1, -0.05) is 19.9 Å². The Morgan fingerprint density at radius 2 is 1.97 bits per heavy atom. The van der Waals surface area contributed by atoms with E-state index in [1.807, 2.05) is 18.2 Å². The van der Waals surface area contributed by atoms with Crippen molar-refractivity contribution in [3.05, 3.63) is 53.6 Å². The third-order valence-corrected chi connectivity index (χ3v) is 9.24. The summed E-state index contributed by atoms with van der Waals surface area (Å²) in [6.07, 6.45) is 7.05. The van der Waals surface area contributed by atoms with Gasteiger partial charge < -0.3 is 20.5 Å². The fourth-order valence-electron chi connectivity index (χ4n) is 5.26. The van der Waals surface area contributed by atoms with Gasteiger partial charge in [-0.25, -0.2) is 23.4 Å². The number of unbranched alkanes of at least 4 members (excludes halogenated alkanes) is 1. The molecule has 2 aliphatic rings. The average Bonchev–Trinajstić information content (AvgIpc) is 3.10. The van der Waals surface area contributed by atoms with Gasteiger partial charge in [0.1, 0.15) is 35.2 Å². The summed E-state index contributed by atoms with van der Waals surface area (Å²) in [7, 11) is -3.63. The highest BCUT2D eigenvalue weighted by atomic mass is 32.2. The van der Waals surface area contributed by atoms with Crippen LogP contribution in [0.5, 0.6) is 5.75 Å². The maximum absolute atomic E-state index is 12.9. The Morgan fingerprint density at radius 1 is 1.13 bits per heavy atom. The Hall–Kier alpha value is -3.24. The molecule has 1 aliphatic carbocycles. The van der Waals surface area contributed by atoms with Crippen LogP contribution in [0.1, 0.15) is 49.9 Å². The zero-order valence-electron chi connectivity index (χ0n) is 22.0. The van der Waals surface area contributed by atoms with Gasteiger partial charge in [0.25, 0.3) is 0 Å². The van der Waals surface area contributed by atoms with Crippen LogP contribution < -0.4 is 15.4 Å². The van der Waals surface area contributed by atoms with Crippen molar-refractivity contribution in [2.75, 3.05) is 36.1 Å². The highest BCUT2D eigenvalue weighted by molar-refractivity contribution is 7.91. The first-order valence-corrected chi connectivity index (χ1v) is 14.7. The number of hydrogen-bond acceptors (Lipinski definition) is 9. The summed E-state index contributed by atoms with van der Waals surface area (Å²) >= 11 is 0. The number of sulfone groups is 1. The number of aliphatic hydroxyl groups excluding tert-OH is 1. The average molecular weight is 538 g/mol. The minimum Gasteiger partial charge on any atom is -0.491 e. The van der Waals surface area contributed by atoms with Crippen molar-refractivity contribution in [1.29, 1.82) is 0 Å². The number of anilines is 2. The van der Waals surface area contributed by atoms with Gasteiger partial charge in [-0.2, -0.15) is 0 Å². The topological polar surface area (TPSA) is 132 Å². The lowest BCUT2D eigenvalue weighted by atomic mass is 9.76. The molecule has 10 heteroatoms. The predicted octanol–water partition coefficient (Wildman–Crippen LogP) is 3.58. The van der Waals surface area contributed by atoms with Gasteiger partial charge >= 0.3 is 0 Å². The van der Waals surface area contributed by atoms with Crippen molar-refractivity contribution in [1.82, 2.24) is 15.0 Å². The summed E-state index contributed by atoms with van der Waals surface area (Å²) < 4.78 is 31.9. The van der Waals surface area contributed by atoms with Gasteiger partial charge in [0.05, 0.1) is 12.3 Å². The van der Waals surface area contributed by atoms with Crippen molar-refractivity contribution >= 4 is 21.5 Å². The monoisotopic (exact) mass is 537 g/mol. The van der Waals surface area contributed by atoms with Gasteiger partial charge in [-0.3, -0.25) is 0 Å². The summed E-state index contributed by atoms with van der Waals surface area (Å²) in [6.45, 7) is 6.39. The van der Waals surface area contributed by atoms with Crippen LogP contribution in [0.25, 0.3) is 11.1 Å². The van der Waals surface area contributed by atoms with Crippen LogP contribution in [0.3, 0.4) is 0 Å². The Kier molecular flexibility index (Phi) is 7.28.